The zero-order valence-corrected chi connectivity index (χ0v) is 14.0. The summed E-state index contributed by atoms with van der Waals surface area (Å²) < 4.78 is 31.8. The standard InChI is InChI=1S/C19H20F2N2O2/c1-25-16-7-2-13(3-8-16)11-23(15-5-6-15)12-19(24)22-18-9-4-14(20)10-17(18)21/h2-4,7-10,15H,5-6,11-12H2,1H3,(H,22,24)/p+1. The average molecular weight is 347 g/mol. The lowest BCUT2D eigenvalue weighted by atomic mass is 10.2. The van der Waals surface area contributed by atoms with E-state index < -0.39 is 11.6 Å². The van der Waals surface area contributed by atoms with E-state index in [1.54, 1.807) is 7.11 Å². The van der Waals surface area contributed by atoms with Gasteiger partial charge in [-0.3, -0.25) is 4.79 Å². The smallest absolute Gasteiger partial charge is 0.279 e. The Bertz CT molecular complexity index is 746. The van der Waals surface area contributed by atoms with Crippen molar-refractivity contribution in [2.24, 2.45) is 0 Å². The first-order valence-electron chi connectivity index (χ1n) is 8.27. The Labute approximate surface area is 145 Å². The molecule has 2 N–H and O–H groups in total. The normalized spacial score (nSPS) is 14.8. The SMILES string of the molecule is COc1ccc(C[NH+](CC(=O)Nc2ccc(F)cc2F)C2CC2)cc1. The zero-order chi connectivity index (χ0) is 17.8. The molecule has 1 amide bonds. The van der Waals surface area contributed by atoms with Gasteiger partial charge in [-0.2, -0.15) is 0 Å². The molecule has 3 rings (SSSR count). The van der Waals surface area contributed by atoms with Crippen molar-refractivity contribution in [1.29, 1.82) is 0 Å². The third kappa shape index (κ3) is 4.76. The van der Waals surface area contributed by atoms with Crippen LogP contribution in [-0.2, 0) is 11.3 Å². The lowest BCUT2D eigenvalue weighted by Gasteiger charge is -2.19. The minimum Gasteiger partial charge on any atom is -0.497 e. The van der Waals surface area contributed by atoms with Gasteiger partial charge in [0.2, 0.25) is 0 Å². The van der Waals surface area contributed by atoms with Gasteiger partial charge in [-0.15, -0.1) is 0 Å². The Morgan fingerprint density at radius 1 is 1.20 bits per heavy atom. The fraction of sp³-hybridized carbons (Fsp3) is 0.316. The van der Waals surface area contributed by atoms with Crippen LogP contribution in [0.4, 0.5) is 14.5 Å². The van der Waals surface area contributed by atoms with Crippen LogP contribution in [0.1, 0.15) is 18.4 Å². The van der Waals surface area contributed by atoms with E-state index in [-0.39, 0.29) is 18.1 Å². The molecule has 132 valence electrons. The molecule has 1 unspecified atom stereocenters. The molecule has 25 heavy (non-hydrogen) atoms. The van der Waals surface area contributed by atoms with Crippen LogP contribution >= 0.6 is 0 Å². The first-order valence-corrected chi connectivity index (χ1v) is 8.27. The quantitative estimate of drug-likeness (QED) is 0.806. The van der Waals surface area contributed by atoms with E-state index in [1.807, 2.05) is 24.3 Å². The third-order valence-electron chi connectivity index (χ3n) is 4.34. The molecule has 0 saturated heterocycles. The molecule has 0 spiro atoms. The van der Waals surface area contributed by atoms with Crippen molar-refractivity contribution in [1.82, 2.24) is 0 Å². The van der Waals surface area contributed by atoms with Gasteiger partial charge in [-0.1, -0.05) is 0 Å². The lowest BCUT2D eigenvalue weighted by Crippen LogP contribution is -3.13. The van der Waals surface area contributed by atoms with Gasteiger partial charge in [0.1, 0.15) is 23.9 Å². The molecule has 0 heterocycles. The fourth-order valence-corrected chi connectivity index (χ4v) is 2.84. The summed E-state index contributed by atoms with van der Waals surface area (Å²) in [6.07, 6.45) is 2.17. The predicted octanol–water partition coefficient (Wildman–Crippen LogP) is 2.16. The number of benzene rings is 2. The van der Waals surface area contributed by atoms with E-state index in [1.165, 1.54) is 6.07 Å². The Kier molecular flexibility index (Phi) is 5.28. The number of halogens is 2. The predicted molar refractivity (Wildman–Crippen MR) is 90.5 cm³/mol. The van der Waals surface area contributed by atoms with Gasteiger partial charge in [-0.25, -0.2) is 8.78 Å². The topological polar surface area (TPSA) is 42.8 Å². The van der Waals surface area contributed by atoms with Crippen molar-refractivity contribution in [3.63, 3.8) is 0 Å². The summed E-state index contributed by atoms with van der Waals surface area (Å²) in [7, 11) is 1.62. The number of amides is 1. The first kappa shape index (κ1) is 17.4. The van der Waals surface area contributed by atoms with E-state index in [0.717, 1.165) is 41.2 Å². The average Bonchev–Trinajstić information content (AvgIpc) is 3.42. The molecule has 1 atom stereocenters. The van der Waals surface area contributed by atoms with Gasteiger partial charge in [0.25, 0.3) is 5.91 Å². The van der Waals surface area contributed by atoms with Crippen molar-refractivity contribution in [3.8, 4) is 5.75 Å². The second kappa shape index (κ2) is 7.61. The number of carbonyl (C=O) groups is 1. The van der Waals surface area contributed by atoms with Gasteiger partial charge in [0.15, 0.2) is 6.54 Å². The molecular weight excluding hydrogens is 326 g/mol. The molecule has 1 saturated carbocycles. The van der Waals surface area contributed by atoms with Crippen LogP contribution in [0.5, 0.6) is 5.75 Å². The molecule has 1 aliphatic rings. The van der Waals surface area contributed by atoms with Crippen molar-refractivity contribution >= 4 is 11.6 Å². The molecule has 1 fully saturated rings. The molecular formula is C19H21F2N2O2+. The highest BCUT2D eigenvalue weighted by atomic mass is 19.1. The summed E-state index contributed by atoms with van der Waals surface area (Å²) in [4.78, 5) is 13.4. The highest BCUT2D eigenvalue weighted by molar-refractivity contribution is 5.91. The van der Waals surface area contributed by atoms with Crippen LogP contribution in [-0.4, -0.2) is 25.6 Å². The van der Waals surface area contributed by atoms with E-state index in [4.69, 9.17) is 4.74 Å². The van der Waals surface area contributed by atoms with Crippen LogP contribution in [0, 0.1) is 11.6 Å². The first-order chi connectivity index (χ1) is 12.0. The van der Waals surface area contributed by atoms with Crippen molar-refractivity contribution in [3.05, 3.63) is 59.7 Å². The maximum Gasteiger partial charge on any atom is 0.279 e. The van der Waals surface area contributed by atoms with E-state index in [0.29, 0.717) is 12.6 Å². The number of anilines is 1. The minimum absolute atomic E-state index is 0.00555. The minimum atomic E-state index is -0.767. The number of methoxy groups -OCH3 is 1. The third-order valence-corrected chi connectivity index (χ3v) is 4.34. The van der Waals surface area contributed by atoms with Crippen LogP contribution in [0.3, 0.4) is 0 Å². The monoisotopic (exact) mass is 347 g/mol. The van der Waals surface area contributed by atoms with Gasteiger partial charge >= 0.3 is 0 Å². The Hall–Kier alpha value is -2.47. The Morgan fingerprint density at radius 2 is 1.92 bits per heavy atom. The summed E-state index contributed by atoms with van der Waals surface area (Å²) in [5.41, 5.74) is 1.12. The number of rotatable bonds is 7. The van der Waals surface area contributed by atoms with Gasteiger partial charge in [-0.05, 0) is 36.4 Å². The van der Waals surface area contributed by atoms with Crippen LogP contribution in [0.25, 0.3) is 0 Å². The highest BCUT2D eigenvalue weighted by Gasteiger charge is 2.34. The largest absolute Gasteiger partial charge is 0.497 e. The second-order valence-electron chi connectivity index (χ2n) is 6.31. The molecule has 4 nitrogen and oxygen atoms in total. The molecule has 0 radical (unpaired) electrons. The number of ether oxygens (including phenoxy) is 1. The molecule has 0 aliphatic heterocycles. The second-order valence-corrected chi connectivity index (χ2v) is 6.31. The molecule has 2 aromatic rings. The number of quaternary nitrogens is 1. The summed E-state index contributed by atoms with van der Waals surface area (Å²) >= 11 is 0. The zero-order valence-electron chi connectivity index (χ0n) is 14.0. The molecule has 2 aromatic carbocycles. The number of hydrogen-bond acceptors (Lipinski definition) is 2. The summed E-state index contributed by atoms with van der Waals surface area (Å²) in [6, 6.07) is 11.3. The number of nitrogens with one attached hydrogen (secondary N) is 2. The summed E-state index contributed by atoms with van der Waals surface area (Å²) in [5, 5.41) is 2.53. The lowest BCUT2D eigenvalue weighted by molar-refractivity contribution is -0.916. The highest BCUT2D eigenvalue weighted by Crippen LogP contribution is 2.17. The van der Waals surface area contributed by atoms with Crippen molar-refractivity contribution in [2.45, 2.75) is 25.4 Å². The summed E-state index contributed by atoms with van der Waals surface area (Å²) in [6.45, 7) is 0.960. The Balaban J connectivity index is 1.62. The van der Waals surface area contributed by atoms with Crippen LogP contribution < -0.4 is 15.0 Å². The van der Waals surface area contributed by atoms with Gasteiger partial charge in [0.05, 0.1) is 18.8 Å². The number of hydrogen-bond donors (Lipinski definition) is 2. The van der Waals surface area contributed by atoms with E-state index in [9.17, 15) is 13.6 Å². The summed E-state index contributed by atoms with van der Waals surface area (Å²) in [5.74, 6) is -0.918. The van der Waals surface area contributed by atoms with E-state index in [2.05, 4.69) is 5.32 Å². The van der Waals surface area contributed by atoms with E-state index >= 15 is 0 Å². The molecule has 1 aliphatic carbocycles. The Morgan fingerprint density at radius 3 is 2.52 bits per heavy atom. The molecule has 0 aromatic heterocycles. The fourth-order valence-electron chi connectivity index (χ4n) is 2.84. The van der Waals surface area contributed by atoms with Crippen molar-refractivity contribution in [2.75, 3.05) is 19.0 Å². The molecule has 6 heteroatoms. The number of carbonyl (C=O) groups excluding carboxylic acids is 1. The van der Waals surface area contributed by atoms with Gasteiger partial charge < -0.3 is 15.0 Å². The molecule has 0 bridgehead atoms. The maximum atomic E-state index is 13.7. The van der Waals surface area contributed by atoms with Crippen LogP contribution in [0.2, 0.25) is 0 Å². The van der Waals surface area contributed by atoms with Crippen LogP contribution in [0.15, 0.2) is 42.5 Å². The van der Waals surface area contributed by atoms with Gasteiger partial charge in [0, 0.05) is 24.5 Å². The maximum absolute atomic E-state index is 13.7. The van der Waals surface area contributed by atoms with Crippen molar-refractivity contribution < 1.29 is 23.2 Å².